The third kappa shape index (κ3) is 12.7. The number of amides is 4. The molecule has 0 aliphatic rings. The first-order valence-corrected chi connectivity index (χ1v) is 15.3. The lowest BCUT2D eigenvalue weighted by molar-refractivity contribution is -0.133. The van der Waals surface area contributed by atoms with Gasteiger partial charge in [-0.25, -0.2) is 0 Å². The Kier molecular flexibility index (Phi) is 15.7. The van der Waals surface area contributed by atoms with E-state index in [-0.39, 0.29) is 25.2 Å². The molecule has 13 N–H and O–H groups in total. The molecule has 0 aliphatic carbocycles. The van der Waals surface area contributed by atoms with Crippen LogP contribution in [0.1, 0.15) is 43.4 Å². The number of nitrogens with zero attached hydrogens (tertiary/aromatic N) is 2. The van der Waals surface area contributed by atoms with Gasteiger partial charge in [-0.2, -0.15) is 0 Å². The summed E-state index contributed by atoms with van der Waals surface area (Å²) in [7, 11) is 3.38. The van der Waals surface area contributed by atoms with Crippen molar-refractivity contribution in [3.63, 3.8) is 0 Å². The molecule has 0 bridgehead atoms. The number of carbonyl (C=O) groups excluding carboxylic acids is 4. The van der Waals surface area contributed by atoms with Gasteiger partial charge in [-0.1, -0.05) is 30.3 Å². The first-order chi connectivity index (χ1) is 21.5. The number of H-pyrrole nitrogens is 1. The van der Waals surface area contributed by atoms with Crippen molar-refractivity contribution in [2.45, 2.75) is 69.1 Å². The Balaban J connectivity index is 2.26. The van der Waals surface area contributed by atoms with Gasteiger partial charge in [0.05, 0.1) is 6.04 Å². The number of unbranched alkanes of at least 4 members (excludes halogenated alkanes) is 1. The van der Waals surface area contributed by atoms with Crippen LogP contribution in [0.25, 0.3) is 0 Å². The first-order valence-electron chi connectivity index (χ1n) is 14.9. The quantitative estimate of drug-likeness (QED) is 0.0354. The predicted molar refractivity (Wildman–Crippen MR) is 175 cm³/mol. The molecular formula is C29H47N11O4S. The highest BCUT2D eigenvalue weighted by Crippen LogP contribution is 2.09. The number of aliphatic imine (C=N–C) groups is 1. The molecule has 45 heavy (non-hydrogen) atoms. The Hall–Kier alpha value is -4.28. The van der Waals surface area contributed by atoms with Gasteiger partial charge in [-0.05, 0) is 63.5 Å². The molecular weight excluding hydrogens is 598 g/mol. The average molecular weight is 646 g/mol. The lowest BCUT2D eigenvalue weighted by Gasteiger charge is -2.26. The van der Waals surface area contributed by atoms with Crippen LogP contribution >= 0.6 is 12.2 Å². The Labute approximate surface area is 268 Å². The molecule has 0 saturated heterocycles. The Bertz CT molecular complexity index is 1340. The van der Waals surface area contributed by atoms with Crippen molar-refractivity contribution in [3.05, 3.63) is 52.6 Å². The molecule has 4 amide bonds. The summed E-state index contributed by atoms with van der Waals surface area (Å²) in [6.07, 6.45) is 4.27. The van der Waals surface area contributed by atoms with Crippen LogP contribution in [0.2, 0.25) is 0 Å². The van der Waals surface area contributed by atoms with E-state index in [1.165, 1.54) is 0 Å². The van der Waals surface area contributed by atoms with Crippen LogP contribution in [-0.2, 0) is 39.1 Å². The second kappa shape index (κ2) is 19.2. The van der Waals surface area contributed by atoms with E-state index in [1.54, 1.807) is 24.9 Å². The number of nitrogens with two attached hydrogens (primary N) is 4. The summed E-state index contributed by atoms with van der Waals surface area (Å²) < 4.78 is 2.14. The SMILES string of the molecule is CNC(CCCN=C(N)N)C(=O)NC(Cc1c[nH]c(=S)n1C)C(=O)NC(CCCCN)C(=O)NC(Cc1ccccc1)C(N)=O. The van der Waals surface area contributed by atoms with E-state index in [4.69, 9.17) is 35.2 Å². The molecule has 15 nitrogen and oxygen atoms in total. The maximum absolute atomic E-state index is 13.8. The number of guanidine groups is 1. The molecule has 0 fully saturated rings. The monoisotopic (exact) mass is 645 g/mol. The molecule has 1 heterocycles. The minimum absolute atomic E-state index is 0.0371. The molecule has 2 aromatic rings. The number of rotatable bonds is 20. The van der Waals surface area contributed by atoms with Crippen molar-refractivity contribution in [1.29, 1.82) is 0 Å². The third-order valence-corrected chi connectivity index (χ3v) is 7.67. The fourth-order valence-corrected chi connectivity index (χ4v) is 4.82. The molecule has 16 heteroatoms. The number of nitrogens with one attached hydrogen (secondary N) is 5. The van der Waals surface area contributed by atoms with Crippen molar-refractivity contribution in [2.75, 3.05) is 20.1 Å². The molecule has 4 atom stereocenters. The van der Waals surface area contributed by atoms with Crippen LogP contribution in [-0.4, -0.2) is 83.4 Å². The summed E-state index contributed by atoms with van der Waals surface area (Å²) in [4.78, 5) is 59.7. The van der Waals surface area contributed by atoms with Crippen LogP contribution < -0.4 is 44.2 Å². The second-order valence-corrected chi connectivity index (χ2v) is 11.1. The van der Waals surface area contributed by atoms with Gasteiger partial charge in [0.2, 0.25) is 23.6 Å². The van der Waals surface area contributed by atoms with Gasteiger partial charge in [0.25, 0.3) is 0 Å². The van der Waals surface area contributed by atoms with Gasteiger partial charge >= 0.3 is 0 Å². The lowest BCUT2D eigenvalue weighted by atomic mass is 10.0. The number of primary amides is 1. The van der Waals surface area contributed by atoms with E-state index in [0.29, 0.717) is 49.2 Å². The minimum atomic E-state index is -1.07. The van der Waals surface area contributed by atoms with E-state index in [2.05, 4.69) is 31.2 Å². The predicted octanol–water partition coefficient (Wildman–Crippen LogP) is -1.42. The zero-order valence-corrected chi connectivity index (χ0v) is 26.7. The molecule has 1 aromatic heterocycles. The fraction of sp³-hybridized carbons (Fsp3) is 0.517. The van der Waals surface area contributed by atoms with E-state index >= 15 is 0 Å². The highest BCUT2D eigenvalue weighted by molar-refractivity contribution is 7.71. The topological polar surface area (TPSA) is 254 Å². The first kappa shape index (κ1) is 36.9. The maximum Gasteiger partial charge on any atom is 0.243 e. The lowest BCUT2D eigenvalue weighted by Crippen LogP contribution is -2.58. The van der Waals surface area contributed by atoms with Gasteiger partial charge in [0, 0.05) is 38.3 Å². The Morgan fingerprint density at radius 3 is 2.04 bits per heavy atom. The zero-order valence-electron chi connectivity index (χ0n) is 25.9. The number of benzene rings is 1. The van der Waals surface area contributed by atoms with Crippen LogP contribution in [0.4, 0.5) is 0 Å². The molecule has 0 saturated carbocycles. The van der Waals surface area contributed by atoms with Gasteiger partial charge in [-0.3, -0.25) is 24.2 Å². The van der Waals surface area contributed by atoms with Gasteiger partial charge in [0.1, 0.15) is 18.1 Å². The van der Waals surface area contributed by atoms with E-state index in [9.17, 15) is 19.2 Å². The van der Waals surface area contributed by atoms with Crippen molar-refractivity contribution < 1.29 is 19.2 Å². The smallest absolute Gasteiger partial charge is 0.243 e. The van der Waals surface area contributed by atoms with Crippen molar-refractivity contribution in [2.24, 2.45) is 35.0 Å². The molecule has 0 spiro atoms. The summed E-state index contributed by atoms with van der Waals surface area (Å²) >= 11 is 5.27. The van der Waals surface area contributed by atoms with Crippen molar-refractivity contribution >= 4 is 41.8 Å². The molecule has 0 aliphatic heterocycles. The summed E-state index contributed by atoms with van der Waals surface area (Å²) in [6.45, 7) is 0.746. The van der Waals surface area contributed by atoms with E-state index < -0.39 is 47.8 Å². The fourth-order valence-electron chi connectivity index (χ4n) is 4.64. The number of aromatic amines is 1. The van der Waals surface area contributed by atoms with Gasteiger partial charge < -0.3 is 53.8 Å². The minimum Gasteiger partial charge on any atom is -0.370 e. The highest BCUT2D eigenvalue weighted by atomic mass is 32.1. The van der Waals surface area contributed by atoms with Crippen LogP contribution in [0.15, 0.2) is 41.5 Å². The summed E-state index contributed by atoms with van der Waals surface area (Å²) in [5.41, 5.74) is 23.5. The van der Waals surface area contributed by atoms with Crippen molar-refractivity contribution in [1.82, 2.24) is 30.8 Å². The molecule has 1 aromatic carbocycles. The molecule has 2 rings (SSSR count). The van der Waals surface area contributed by atoms with Crippen LogP contribution in [0.5, 0.6) is 0 Å². The summed E-state index contributed by atoms with van der Waals surface area (Å²) in [5.74, 6) is -2.32. The van der Waals surface area contributed by atoms with Crippen LogP contribution in [0, 0.1) is 4.77 Å². The Morgan fingerprint density at radius 2 is 1.47 bits per heavy atom. The number of carbonyl (C=O) groups is 4. The highest BCUT2D eigenvalue weighted by Gasteiger charge is 2.31. The summed E-state index contributed by atoms with van der Waals surface area (Å²) in [5, 5.41) is 11.3. The largest absolute Gasteiger partial charge is 0.370 e. The number of aromatic nitrogens is 2. The molecule has 0 radical (unpaired) electrons. The number of likely N-dealkylation sites (N-methyl/N-ethyl adjacent to an activating group) is 1. The van der Waals surface area contributed by atoms with Gasteiger partial charge in [-0.15, -0.1) is 0 Å². The zero-order chi connectivity index (χ0) is 33.4. The third-order valence-electron chi connectivity index (χ3n) is 7.28. The van der Waals surface area contributed by atoms with Crippen molar-refractivity contribution in [3.8, 4) is 0 Å². The number of hydrogen-bond acceptors (Lipinski definition) is 8. The standard InChI is InChI=1S/C29H47N11O4S/c1-34-20(12-8-14-35-28(32)33)25(42)39-23(16-19-17-36-29(45)40(19)2)27(44)37-21(11-6-7-13-30)26(43)38-22(24(31)41)15-18-9-4-3-5-10-18/h3-5,9-10,17,20-23,34H,6-8,11-16,30H2,1-2H3,(H2,31,41)(H,36,45)(H,37,44)(H,38,43)(H,39,42)(H4,32,33,35). The van der Waals surface area contributed by atoms with E-state index in [1.807, 2.05) is 30.3 Å². The maximum atomic E-state index is 13.8. The second-order valence-electron chi connectivity index (χ2n) is 10.7. The molecule has 248 valence electrons. The number of hydrogen-bond donors (Lipinski definition) is 9. The Morgan fingerprint density at radius 1 is 0.867 bits per heavy atom. The van der Waals surface area contributed by atoms with Crippen LogP contribution in [0.3, 0.4) is 0 Å². The molecule has 4 unspecified atom stereocenters. The average Bonchev–Trinajstić information content (AvgIpc) is 3.32. The van der Waals surface area contributed by atoms with E-state index in [0.717, 1.165) is 5.56 Å². The van der Waals surface area contributed by atoms with Gasteiger partial charge in [0.15, 0.2) is 10.7 Å². The normalized spacial score (nSPS) is 13.6. The number of imidazole rings is 1. The summed E-state index contributed by atoms with van der Waals surface area (Å²) in [6, 6.07) is 5.41.